The van der Waals surface area contributed by atoms with Crippen LogP contribution < -0.4 is 10.6 Å². The molecule has 1 saturated heterocycles. The Labute approximate surface area is 106 Å². The molecule has 1 atom stereocenters. The van der Waals surface area contributed by atoms with Crippen LogP contribution in [0.4, 0.5) is 5.82 Å². The SMILES string of the molecule is NCc1ccnc(N2CCCC(CO)C2)c1Cl. The van der Waals surface area contributed by atoms with Crippen LogP contribution in [0.2, 0.25) is 5.02 Å². The highest BCUT2D eigenvalue weighted by atomic mass is 35.5. The van der Waals surface area contributed by atoms with Crippen molar-refractivity contribution in [1.82, 2.24) is 4.98 Å². The molecule has 17 heavy (non-hydrogen) atoms. The van der Waals surface area contributed by atoms with Crippen LogP contribution in [-0.4, -0.2) is 29.8 Å². The number of aromatic nitrogens is 1. The van der Waals surface area contributed by atoms with Crippen LogP contribution in [0.3, 0.4) is 0 Å². The van der Waals surface area contributed by atoms with E-state index in [1.54, 1.807) is 6.20 Å². The molecule has 1 unspecified atom stereocenters. The van der Waals surface area contributed by atoms with E-state index in [1.807, 2.05) is 6.07 Å². The zero-order valence-electron chi connectivity index (χ0n) is 9.77. The first-order valence-corrected chi connectivity index (χ1v) is 6.33. The van der Waals surface area contributed by atoms with Crippen molar-refractivity contribution < 1.29 is 5.11 Å². The van der Waals surface area contributed by atoms with Crippen LogP contribution in [-0.2, 0) is 6.54 Å². The fraction of sp³-hybridized carbons (Fsp3) is 0.583. The summed E-state index contributed by atoms with van der Waals surface area (Å²) in [7, 11) is 0. The second kappa shape index (κ2) is 5.67. The highest BCUT2D eigenvalue weighted by Crippen LogP contribution is 2.29. The number of halogens is 1. The fourth-order valence-corrected chi connectivity index (χ4v) is 2.56. The van der Waals surface area contributed by atoms with Gasteiger partial charge in [0.2, 0.25) is 0 Å². The van der Waals surface area contributed by atoms with Gasteiger partial charge in [-0.2, -0.15) is 0 Å². The third-order valence-electron chi connectivity index (χ3n) is 3.25. The average Bonchev–Trinajstić information content (AvgIpc) is 2.39. The number of hydrogen-bond acceptors (Lipinski definition) is 4. The molecule has 0 aromatic carbocycles. The van der Waals surface area contributed by atoms with Gasteiger partial charge in [-0.1, -0.05) is 11.6 Å². The van der Waals surface area contributed by atoms with E-state index in [1.165, 1.54) is 0 Å². The van der Waals surface area contributed by atoms with Crippen molar-refractivity contribution in [2.24, 2.45) is 11.7 Å². The fourth-order valence-electron chi connectivity index (χ4n) is 2.26. The summed E-state index contributed by atoms with van der Waals surface area (Å²) < 4.78 is 0. The lowest BCUT2D eigenvalue weighted by atomic mass is 9.99. The van der Waals surface area contributed by atoms with Crippen molar-refractivity contribution in [2.45, 2.75) is 19.4 Å². The van der Waals surface area contributed by atoms with Gasteiger partial charge in [-0.15, -0.1) is 0 Å². The second-order valence-corrected chi connectivity index (χ2v) is 4.83. The summed E-state index contributed by atoms with van der Waals surface area (Å²) in [5, 5.41) is 9.87. The number of aliphatic hydroxyl groups is 1. The molecule has 1 aliphatic heterocycles. The van der Waals surface area contributed by atoms with E-state index in [-0.39, 0.29) is 6.61 Å². The van der Waals surface area contributed by atoms with Crippen molar-refractivity contribution >= 4 is 17.4 Å². The number of nitrogens with two attached hydrogens (primary N) is 1. The molecule has 1 aromatic heterocycles. The molecule has 1 fully saturated rings. The zero-order chi connectivity index (χ0) is 12.3. The Hall–Kier alpha value is -0.840. The maximum absolute atomic E-state index is 9.23. The molecule has 0 bridgehead atoms. The monoisotopic (exact) mass is 255 g/mol. The van der Waals surface area contributed by atoms with Crippen LogP contribution in [0, 0.1) is 5.92 Å². The molecule has 1 aromatic rings. The van der Waals surface area contributed by atoms with Gasteiger partial charge in [0.25, 0.3) is 0 Å². The molecular formula is C12H18ClN3O. The minimum atomic E-state index is 0.227. The Morgan fingerprint density at radius 3 is 3.12 bits per heavy atom. The molecule has 0 spiro atoms. The third kappa shape index (κ3) is 2.70. The minimum Gasteiger partial charge on any atom is -0.396 e. The van der Waals surface area contributed by atoms with Crippen LogP contribution in [0.1, 0.15) is 18.4 Å². The zero-order valence-corrected chi connectivity index (χ0v) is 10.5. The van der Waals surface area contributed by atoms with Gasteiger partial charge in [0, 0.05) is 32.4 Å². The summed E-state index contributed by atoms with van der Waals surface area (Å²) in [6.07, 6.45) is 3.88. The number of anilines is 1. The summed E-state index contributed by atoms with van der Waals surface area (Å²) in [5.74, 6) is 1.12. The minimum absolute atomic E-state index is 0.227. The number of piperidine rings is 1. The number of pyridine rings is 1. The van der Waals surface area contributed by atoms with E-state index < -0.39 is 0 Å². The van der Waals surface area contributed by atoms with Gasteiger partial charge >= 0.3 is 0 Å². The summed E-state index contributed by atoms with van der Waals surface area (Å²) in [6, 6.07) is 1.85. The Morgan fingerprint density at radius 2 is 2.41 bits per heavy atom. The molecule has 0 saturated carbocycles. The Kier molecular flexibility index (Phi) is 4.20. The van der Waals surface area contributed by atoms with E-state index >= 15 is 0 Å². The van der Waals surface area contributed by atoms with Crippen LogP contribution in [0.15, 0.2) is 12.3 Å². The van der Waals surface area contributed by atoms with Gasteiger partial charge in [0.05, 0.1) is 5.02 Å². The molecule has 2 rings (SSSR count). The Bertz CT molecular complexity index is 386. The quantitative estimate of drug-likeness (QED) is 0.857. The van der Waals surface area contributed by atoms with Crippen molar-refractivity contribution in [2.75, 3.05) is 24.6 Å². The van der Waals surface area contributed by atoms with Crippen LogP contribution >= 0.6 is 11.6 Å². The number of rotatable bonds is 3. The lowest BCUT2D eigenvalue weighted by molar-refractivity contribution is 0.208. The van der Waals surface area contributed by atoms with Gasteiger partial charge in [-0.25, -0.2) is 4.98 Å². The molecule has 94 valence electrons. The van der Waals surface area contributed by atoms with E-state index in [4.69, 9.17) is 17.3 Å². The normalized spacial score (nSPS) is 20.6. The molecular weight excluding hydrogens is 238 g/mol. The first-order valence-electron chi connectivity index (χ1n) is 5.95. The van der Waals surface area contributed by atoms with Gasteiger partial charge in [-0.3, -0.25) is 0 Å². The van der Waals surface area contributed by atoms with Gasteiger partial charge in [0.1, 0.15) is 5.82 Å². The largest absolute Gasteiger partial charge is 0.396 e. The van der Waals surface area contributed by atoms with E-state index in [0.29, 0.717) is 17.5 Å². The number of aliphatic hydroxyl groups excluding tert-OH is 1. The summed E-state index contributed by atoms with van der Waals surface area (Å²) in [6.45, 7) is 2.41. The molecule has 0 amide bonds. The maximum atomic E-state index is 9.23. The van der Waals surface area contributed by atoms with E-state index in [0.717, 1.165) is 37.3 Å². The third-order valence-corrected chi connectivity index (χ3v) is 3.66. The van der Waals surface area contributed by atoms with E-state index in [2.05, 4.69) is 9.88 Å². The van der Waals surface area contributed by atoms with Crippen molar-refractivity contribution in [3.8, 4) is 0 Å². The van der Waals surface area contributed by atoms with Crippen LogP contribution in [0.5, 0.6) is 0 Å². The second-order valence-electron chi connectivity index (χ2n) is 4.45. The molecule has 0 aliphatic carbocycles. The smallest absolute Gasteiger partial charge is 0.147 e. The number of nitrogens with zero attached hydrogens (tertiary/aromatic N) is 2. The van der Waals surface area contributed by atoms with Crippen LogP contribution in [0.25, 0.3) is 0 Å². The first-order chi connectivity index (χ1) is 8.26. The number of hydrogen-bond donors (Lipinski definition) is 2. The molecule has 0 radical (unpaired) electrons. The molecule has 3 N–H and O–H groups in total. The molecule has 1 aliphatic rings. The standard InChI is InChI=1S/C12H18ClN3O/c13-11-10(6-14)3-4-15-12(11)16-5-1-2-9(7-16)8-17/h3-4,9,17H,1-2,5-8,14H2. The van der Waals surface area contributed by atoms with Gasteiger partial charge < -0.3 is 15.7 Å². The molecule has 2 heterocycles. The lowest BCUT2D eigenvalue weighted by Crippen LogP contribution is -2.37. The first kappa shape index (κ1) is 12.6. The predicted octanol–water partition coefficient (Wildman–Crippen LogP) is 1.40. The van der Waals surface area contributed by atoms with Crippen molar-refractivity contribution in [3.63, 3.8) is 0 Å². The average molecular weight is 256 g/mol. The molecule has 4 nitrogen and oxygen atoms in total. The summed E-state index contributed by atoms with van der Waals surface area (Å²) in [4.78, 5) is 6.48. The van der Waals surface area contributed by atoms with Gasteiger partial charge in [-0.05, 0) is 30.4 Å². The lowest BCUT2D eigenvalue weighted by Gasteiger charge is -2.33. The van der Waals surface area contributed by atoms with E-state index in [9.17, 15) is 5.11 Å². The van der Waals surface area contributed by atoms with Gasteiger partial charge in [0.15, 0.2) is 0 Å². The summed E-state index contributed by atoms with van der Waals surface area (Å²) in [5.41, 5.74) is 6.55. The Morgan fingerprint density at radius 1 is 1.59 bits per heavy atom. The highest BCUT2D eigenvalue weighted by Gasteiger charge is 2.22. The van der Waals surface area contributed by atoms with Crippen molar-refractivity contribution in [1.29, 1.82) is 0 Å². The Balaban J connectivity index is 2.21. The maximum Gasteiger partial charge on any atom is 0.147 e. The van der Waals surface area contributed by atoms with Crippen molar-refractivity contribution in [3.05, 3.63) is 22.8 Å². The predicted molar refractivity (Wildman–Crippen MR) is 69.2 cm³/mol. The summed E-state index contributed by atoms with van der Waals surface area (Å²) >= 11 is 6.29. The topological polar surface area (TPSA) is 62.4 Å². The highest BCUT2D eigenvalue weighted by molar-refractivity contribution is 6.33. The molecule has 5 heteroatoms.